The molecule has 1 aliphatic rings. The average Bonchev–Trinajstić information content (AvgIpc) is 2.06. The Bertz CT molecular complexity index is 155. The summed E-state index contributed by atoms with van der Waals surface area (Å²) in [6, 6.07) is 0. The lowest BCUT2D eigenvalue weighted by Gasteiger charge is -2.24. The van der Waals surface area contributed by atoms with Crippen molar-refractivity contribution in [2.45, 2.75) is 38.2 Å². The van der Waals surface area contributed by atoms with Crippen molar-refractivity contribution in [3.05, 3.63) is 12.3 Å². The summed E-state index contributed by atoms with van der Waals surface area (Å²) < 4.78 is 30.2. The number of hydrogen-bond donors (Lipinski definition) is 0. The summed E-state index contributed by atoms with van der Waals surface area (Å²) in [6.45, 7) is 3.08. The SMILES string of the molecule is C=C[Si](F)(F)OC1CCCCC1. The van der Waals surface area contributed by atoms with Gasteiger partial charge in [-0.05, 0) is 18.5 Å². The van der Waals surface area contributed by atoms with Gasteiger partial charge in [-0.25, -0.2) is 8.22 Å². The van der Waals surface area contributed by atoms with Crippen LogP contribution in [0.25, 0.3) is 0 Å². The van der Waals surface area contributed by atoms with E-state index in [9.17, 15) is 8.22 Å². The van der Waals surface area contributed by atoms with Gasteiger partial charge in [-0.2, -0.15) is 0 Å². The molecule has 70 valence electrons. The predicted molar refractivity (Wildman–Crippen MR) is 46.1 cm³/mol. The Hall–Kier alpha value is -0.223. The van der Waals surface area contributed by atoms with E-state index in [0.717, 1.165) is 32.1 Å². The van der Waals surface area contributed by atoms with E-state index >= 15 is 0 Å². The van der Waals surface area contributed by atoms with E-state index < -0.39 is 8.99 Å². The van der Waals surface area contributed by atoms with E-state index in [0.29, 0.717) is 5.70 Å². The minimum Gasteiger partial charge on any atom is -0.362 e. The van der Waals surface area contributed by atoms with Crippen molar-refractivity contribution in [3.8, 4) is 0 Å². The smallest absolute Gasteiger partial charge is 0.362 e. The fourth-order valence-corrected chi connectivity index (χ4v) is 2.23. The van der Waals surface area contributed by atoms with E-state index in [1.807, 2.05) is 0 Å². The number of halogens is 2. The van der Waals surface area contributed by atoms with Gasteiger partial charge in [0.25, 0.3) is 0 Å². The van der Waals surface area contributed by atoms with E-state index in [1.54, 1.807) is 0 Å². The Labute approximate surface area is 72.9 Å². The van der Waals surface area contributed by atoms with Crippen LogP contribution < -0.4 is 0 Å². The average molecular weight is 192 g/mol. The summed E-state index contributed by atoms with van der Waals surface area (Å²) in [7, 11) is -4.50. The highest BCUT2D eigenvalue weighted by atomic mass is 28.4. The molecule has 0 amide bonds. The van der Waals surface area contributed by atoms with E-state index in [4.69, 9.17) is 4.43 Å². The molecule has 1 nitrogen and oxygen atoms in total. The molecule has 1 aliphatic carbocycles. The van der Waals surface area contributed by atoms with Crippen molar-refractivity contribution in [2.75, 3.05) is 0 Å². The number of rotatable bonds is 3. The third kappa shape index (κ3) is 3.03. The summed E-state index contributed by atoms with van der Waals surface area (Å²) in [6.07, 6.45) is 4.56. The topological polar surface area (TPSA) is 9.23 Å². The van der Waals surface area contributed by atoms with Crippen molar-refractivity contribution in [1.29, 1.82) is 0 Å². The maximum atomic E-state index is 12.7. The zero-order valence-electron chi connectivity index (χ0n) is 7.06. The highest BCUT2D eigenvalue weighted by Gasteiger charge is 2.37. The molecule has 0 atom stereocenters. The molecule has 0 saturated heterocycles. The van der Waals surface area contributed by atoms with Crippen LogP contribution >= 0.6 is 0 Å². The van der Waals surface area contributed by atoms with Crippen molar-refractivity contribution >= 4 is 8.99 Å². The molecule has 0 unspecified atom stereocenters. The molecule has 1 fully saturated rings. The van der Waals surface area contributed by atoms with Gasteiger partial charge in [0.1, 0.15) is 0 Å². The maximum Gasteiger partial charge on any atom is 0.606 e. The van der Waals surface area contributed by atoms with Gasteiger partial charge < -0.3 is 4.43 Å². The summed E-state index contributed by atoms with van der Waals surface area (Å²) in [4.78, 5) is 0. The second kappa shape index (κ2) is 4.14. The molecular weight excluding hydrogens is 178 g/mol. The summed E-state index contributed by atoms with van der Waals surface area (Å²) in [5.74, 6) is 0. The first kappa shape index (κ1) is 9.86. The first-order valence-corrected chi connectivity index (χ1v) is 6.07. The summed E-state index contributed by atoms with van der Waals surface area (Å²) >= 11 is 0. The molecule has 0 bridgehead atoms. The van der Waals surface area contributed by atoms with Crippen LogP contribution in [0.1, 0.15) is 32.1 Å². The minimum atomic E-state index is -4.50. The molecule has 0 heterocycles. The first-order valence-electron chi connectivity index (χ1n) is 4.33. The Balaban J connectivity index is 2.33. The molecule has 0 aromatic carbocycles. The Morgan fingerprint density at radius 3 is 2.33 bits per heavy atom. The van der Waals surface area contributed by atoms with Crippen LogP contribution in [0.15, 0.2) is 12.3 Å². The van der Waals surface area contributed by atoms with Crippen LogP contribution in [0.4, 0.5) is 8.22 Å². The third-order valence-electron chi connectivity index (χ3n) is 2.11. The lowest BCUT2D eigenvalue weighted by atomic mass is 9.98. The van der Waals surface area contributed by atoms with Gasteiger partial charge >= 0.3 is 8.99 Å². The molecular formula is C8H14F2OSi. The molecule has 0 spiro atoms. The fourth-order valence-electron chi connectivity index (χ4n) is 1.45. The first-order chi connectivity index (χ1) is 5.64. The Morgan fingerprint density at radius 1 is 1.25 bits per heavy atom. The molecule has 1 rings (SSSR count). The maximum absolute atomic E-state index is 12.7. The highest BCUT2D eigenvalue weighted by molar-refractivity contribution is 6.64. The van der Waals surface area contributed by atoms with E-state index in [2.05, 4.69) is 6.58 Å². The molecule has 0 radical (unpaired) electrons. The molecule has 1 saturated carbocycles. The zero-order chi connectivity index (χ0) is 9.03. The third-order valence-corrected chi connectivity index (χ3v) is 3.24. The van der Waals surface area contributed by atoms with Crippen molar-refractivity contribution in [1.82, 2.24) is 0 Å². The van der Waals surface area contributed by atoms with Crippen LogP contribution in [0.5, 0.6) is 0 Å². The quantitative estimate of drug-likeness (QED) is 0.493. The van der Waals surface area contributed by atoms with Gasteiger partial charge in [0.15, 0.2) is 0 Å². The second-order valence-electron chi connectivity index (χ2n) is 3.14. The lowest BCUT2D eigenvalue weighted by Crippen LogP contribution is -2.32. The van der Waals surface area contributed by atoms with Crippen LogP contribution in [0.2, 0.25) is 0 Å². The summed E-state index contributed by atoms with van der Waals surface area (Å²) in [5.41, 5.74) is 0.696. The Kier molecular flexibility index (Phi) is 3.40. The summed E-state index contributed by atoms with van der Waals surface area (Å²) in [5, 5.41) is 0. The Morgan fingerprint density at radius 2 is 1.83 bits per heavy atom. The molecule has 0 aromatic heterocycles. The molecule has 0 N–H and O–H groups in total. The monoisotopic (exact) mass is 192 g/mol. The minimum absolute atomic E-state index is 0.210. The lowest BCUT2D eigenvalue weighted by molar-refractivity contribution is 0.111. The van der Waals surface area contributed by atoms with Gasteiger partial charge in [0.2, 0.25) is 0 Å². The highest BCUT2D eigenvalue weighted by Crippen LogP contribution is 2.24. The normalized spacial score (nSPS) is 20.8. The van der Waals surface area contributed by atoms with Crippen LogP contribution in [0.3, 0.4) is 0 Å². The van der Waals surface area contributed by atoms with Crippen molar-refractivity contribution in [2.24, 2.45) is 0 Å². The standard InChI is InChI=1S/C8H14F2OSi/c1-2-12(9,10)11-8-6-4-3-5-7-8/h2,8H,1,3-7H2. The van der Waals surface area contributed by atoms with E-state index in [-0.39, 0.29) is 6.10 Å². The predicted octanol–water partition coefficient (Wildman–Crippen LogP) is 2.94. The van der Waals surface area contributed by atoms with Gasteiger partial charge in [-0.3, -0.25) is 0 Å². The van der Waals surface area contributed by atoms with Crippen LogP contribution in [0, 0.1) is 0 Å². The van der Waals surface area contributed by atoms with Crippen molar-refractivity contribution in [3.63, 3.8) is 0 Å². The molecule has 4 heteroatoms. The second-order valence-corrected chi connectivity index (χ2v) is 4.91. The molecule has 0 aliphatic heterocycles. The van der Waals surface area contributed by atoms with Gasteiger partial charge in [-0.15, -0.1) is 0 Å². The van der Waals surface area contributed by atoms with Crippen LogP contribution in [-0.4, -0.2) is 15.1 Å². The van der Waals surface area contributed by atoms with Crippen molar-refractivity contribution < 1.29 is 12.6 Å². The van der Waals surface area contributed by atoms with Gasteiger partial charge in [0.05, 0.1) is 6.10 Å². The molecule has 0 aromatic rings. The van der Waals surface area contributed by atoms with Gasteiger partial charge in [0, 0.05) is 0 Å². The molecule has 12 heavy (non-hydrogen) atoms. The zero-order valence-corrected chi connectivity index (χ0v) is 8.06. The fraction of sp³-hybridized carbons (Fsp3) is 0.750. The number of hydrogen-bond acceptors (Lipinski definition) is 1. The van der Waals surface area contributed by atoms with E-state index in [1.165, 1.54) is 0 Å². The van der Waals surface area contributed by atoms with Gasteiger partial charge in [-0.1, -0.05) is 25.8 Å². The largest absolute Gasteiger partial charge is 0.606 e. The van der Waals surface area contributed by atoms with Crippen LogP contribution in [-0.2, 0) is 4.43 Å².